The molecule has 1 saturated heterocycles. The van der Waals surface area contributed by atoms with E-state index in [4.69, 9.17) is 10.00 Å². The number of halogens is 1. The summed E-state index contributed by atoms with van der Waals surface area (Å²) in [5.74, 6) is 0.320. The van der Waals surface area contributed by atoms with E-state index >= 15 is 0 Å². The van der Waals surface area contributed by atoms with Crippen LogP contribution in [0, 0.1) is 17.1 Å². The molecule has 1 aromatic carbocycles. The summed E-state index contributed by atoms with van der Waals surface area (Å²) in [7, 11) is 1.53. The monoisotopic (exact) mass is 291 g/mol. The number of methoxy groups -OCH3 is 1. The van der Waals surface area contributed by atoms with Crippen molar-refractivity contribution in [1.82, 2.24) is 9.80 Å². The minimum absolute atomic E-state index is 0.00451. The van der Waals surface area contributed by atoms with E-state index in [0.29, 0.717) is 17.9 Å². The molecule has 1 aliphatic heterocycles. The molecule has 5 heteroatoms. The van der Waals surface area contributed by atoms with Crippen molar-refractivity contribution in [1.29, 1.82) is 5.26 Å². The van der Waals surface area contributed by atoms with Crippen LogP contribution in [0.3, 0.4) is 0 Å². The second-order valence-corrected chi connectivity index (χ2v) is 5.32. The standard InChI is InChI=1S/C16H22FN3O/c1-3-14(11-18)20-8-6-19(7-9-20)12-13-4-5-15(21-2)10-16(13)17/h4-5,10,14H,3,6-9,12H2,1-2H3. The van der Waals surface area contributed by atoms with Crippen LogP contribution in [-0.2, 0) is 6.54 Å². The molecule has 0 amide bonds. The molecule has 2 rings (SSSR count). The van der Waals surface area contributed by atoms with Gasteiger partial charge in [-0.1, -0.05) is 13.0 Å². The zero-order chi connectivity index (χ0) is 15.2. The summed E-state index contributed by atoms with van der Waals surface area (Å²) in [6.45, 7) is 6.10. The lowest BCUT2D eigenvalue weighted by atomic mass is 10.1. The van der Waals surface area contributed by atoms with E-state index in [-0.39, 0.29) is 11.9 Å². The average molecular weight is 291 g/mol. The number of nitriles is 1. The van der Waals surface area contributed by atoms with Crippen molar-refractivity contribution in [3.05, 3.63) is 29.6 Å². The second-order valence-electron chi connectivity index (χ2n) is 5.32. The fourth-order valence-electron chi connectivity index (χ4n) is 2.69. The molecule has 0 N–H and O–H groups in total. The molecule has 114 valence electrons. The lowest BCUT2D eigenvalue weighted by Crippen LogP contribution is -2.49. The van der Waals surface area contributed by atoms with Gasteiger partial charge >= 0.3 is 0 Å². The van der Waals surface area contributed by atoms with Crippen LogP contribution in [0.15, 0.2) is 18.2 Å². The first-order valence-corrected chi connectivity index (χ1v) is 7.36. The highest BCUT2D eigenvalue weighted by Gasteiger charge is 2.22. The molecule has 4 nitrogen and oxygen atoms in total. The number of nitrogens with zero attached hydrogens (tertiary/aromatic N) is 3. The first kappa shape index (κ1) is 15.7. The van der Waals surface area contributed by atoms with Gasteiger partial charge in [-0.3, -0.25) is 9.80 Å². The third-order valence-electron chi connectivity index (χ3n) is 4.04. The molecule has 21 heavy (non-hydrogen) atoms. The van der Waals surface area contributed by atoms with Crippen molar-refractivity contribution in [3.63, 3.8) is 0 Å². The molecule has 1 aliphatic rings. The van der Waals surface area contributed by atoms with Gasteiger partial charge in [0.05, 0.1) is 19.2 Å². The van der Waals surface area contributed by atoms with Gasteiger partial charge in [0.2, 0.25) is 0 Å². The van der Waals surface area contributed by atoms with E-state index in [2.05, 4.69) is 15.9 Å². The smallest absolute Gasteiger partial charge is 0.131 e. The topological polar surface area (TPSA) is 39.5 Å². The van der Waals surface area contributed by atoms with E-state index in [1.165, 1.54) is 13.2 Å². The van der Waals surface area contributed by atoms with Gasteiger partial charge in [0, 0.05) is 44.4 Å². The van der Waals surface area contributed by atoms with E-state index in [0.717, 1.165) is 32.6 Å². The number of hydrogen-bond acceptors (Lipinski definition) is 4. The molecule has 1 heterocycles. The van der Waals surface area contributed by atoms with Crippen LogP contribution in [-0.4, -0.2) is 49.1 Å². The van der Waals surface area contributed by atoms with Crippen molar-refractivity contribution >= 4 is 0 Å². The van der Waals surface area contributed by atoms with Crippen molar-refractivity contribution < 1.29 is 9.13 Å². The summed E-state index contributed by atoms with van der Waals surface area (Å²) >= 11 is 0. The van der Waals surface area contributed by atoms with Gasteiger partial charge in [-0.15, -0.1) is 0 Å². The second kappa shape index (κ2) is 7.39. The quantitative estimate of drug-likeness (QED) is 0.834. The number of hydrogen-bond donors (Lipinski definition) is 0. The molecular formula is C16H22FN3O. The van der Waals surface area contributed by atoms with Gasteiger partial charge in [0.1, 0.15) is 11.6 Å². The number of ether oxygens (including phenoxy) is 1. The molecule has 0 saturated carbocycles. The van der Waals surface area contributed by atoms with Crippen molar-refractivity contribution in [2.75, 3.05) is 33.3 Å². The Morgan fingerprint density at radius 3 is 2.57 bits per heavy atom. The first-order valence-electron chi connectivity index (χ1n) is 7.36. The highest BCUT2D eigenvalue weighted by molar-refractivity contribution is 5.28. The van der Waals surface area contributed by atoms with Crippen molar-refractivity contribution in [3.8, 4) is 11.8 Å². The van der Waals surface area contributed by atoms with Crippen LogP contribution in [0.1, 0.15) is 18.9 Å². The molecular weight excluding hydrogens is 269 g/mol. The number of rotatable bonds is 5. The molecule has 0 radical (unpaired) electrons. The van der Waals surface area contributed by atoms with Crippen LogP contribution < -0.4 is 4.74 Å². The van der Waals surface area contributed by atoms with Gasteiger partial charge in [0.25, 0.3) is 0 Å². The molecule has 0 bridgehead atoms. The van der Waals surface area contributed by atoms with Gasteiger partial charge in [-0.25, -0.2) is 4.39 Å². The SMILES string of the molecule is CCC(C#N)N1CCN(Cc2ccc(OC)cc2F)CC1. The zero-order valence-corrected chi connectivity index (χ0v) is 12.7. The number of benzene rings is 1. The maximum Gasteiger partial charge on any atom is 0.131 e. The van der Waals surface area contributed by atoms with Crippen LogP contribution in [0.2, 0.25) is 0 Å². The lowest BCUT2D eigenvalue weighted by molar-refractivity contribution is 0.107. The fourth-order valence-corrected chi connectivity index (χ4v) is 2.69. The minimum Gasteiger partial charge on any atom is -0.497 e. The summed E-state index contributed by atoms with van der Waals surface area (Å²) in [4.78, 5) is 4.44. The molecule has 0 spiro atoms. The first-order chi connectivity index (χ1) is 10.2. The van der Waals surface area contributed by atoms with Gasteiger partial charge in [-0.2, -0.15) is 5.26 Å². The number of piperazine rings is 1. The molecule has 1 aromatic rings. The largest absolute Gasteiger partial charge is 0.497 e. The Hall–Kier alpha value is -1.64. The van der Waals surface area contributed by atoms with Crippen LogP contribution in [0.5, 0.6) is 5.75 Å². The summed E-state index contributed by atoms with van der Waals surface area (Å²) in [5, 5.41) is 9.10. The molecule has 1 atom stereocenters. The molecule has 0 aromatic heterocycles. The highest BCUT2D eigenvalue weighted by Crippen LogP contribution is 2.19. The zero-order valence-electron chi connectivity index (χ0n) is 12.7. The summed E-state index contributed by atoms with van der Waals surface area (Å²) in [6, 6.07) is 7.34. The van der Waals surface area contributed by atoms with Gasteiger partial charge in [0.15, 0.2) is 0 Å². The van der Waals surface area contributed by atoms with E-state index < -0.39 is 0 Å². The van der Waals surface area contributed by atoms with E-state index in [9.17, 15) is 4.39 Å². The Kier molecular flexibility index (Phi) is 5.54. The normalized spacial score (nSPS) is 18.2. The summed E-state index contributed by atoms with van der Waals surface area (Å²) < 4.78 is 19.0. The molecule has 1 fully saturated rings. The Labute approximate surface area is 125 Å². The van der Waals surface area contributed by atoms with Crippen molar-refractivity contribution in [2.24, 2.45) is 0 Å². The third-order valence-corrected chi connectivity index (χ3v) is 4.04. The van der Waals surface area contributed by atoms with Gasteiger partial charge < -0.3 is 4.74 Å². The maximum absolute atomic E-state index is 13.9. The highest BCUT2D eigenvalue weighted by atomic mass is 19.1. The van der Waals surface area contributed by atoms with Gasteiger partial charge in [-0.05, 0) is 12.5 Å². The Bertz CT molecular complexity index is 507. The third kappa shape index (κ3) is 3.93. The van der Waals surface area contributed by atoms with Crippen molar-refractivity contribution in [2.45, 2.75) is 25.9 Å². The molecule has 0 aliphatic carbocycles. The Morgan fingerprint density at radius 2 is 2.05 bits per heavy atom. The predicted octanol–water partition coefficient (Wildman–Crippen LogP) is 2.25. The van der Waals surface area contributed by atoms with Crippen LogP contribution in [0.25, 0.3) is 0 Å². The fraction of sp³-hybridized carbons (Fsp3) is 0.562. The lowest BCUT2D eigenvalue weighted by Gasteiger charge is -2.36. The minimum atomic E-state index is -0.222. The van der Waals surface area contributed by atoms with Crippen LogP contribution in [0.4, 0.5) is 4.39 Å². The summed E-state index contributed by atoms with van der Waals surface area (Å²) in [5.41, 5.74) is 0.691. The Balaban J connectivity index is 1.90. The van der Waals surface area contributed by atoms with E-state index in [1.807, 2.05) is 6.92 Å². The maximum atomic E-state index is 13.9. The van der Waals surface area contributed by atoms with E-state index in [1.54, 1.807) is 12.1 Å². The predicted molar refractivity (Wildman–Crippen MR) is 79.5 cm³/mol. The summed E-state index contributed by atoms with van der Waals surface area (Å²) in [6.07, 6.45) is 0.851. The van der Waals surface area contributed by atoms with Crippen LogP contribution >= 0.6 is 0 Å². The molecule has 1 unspecified atom stereocenters. The Morgan fingerprint density at radius 1 is 1.33 bits per heavy atom. The average Bonchev–Trinajstić information content (AvgIpc) is 2.52.